The van der Waals surface area contributed by atoms with Crippen LogP contribution >= 0.6 is 11.6 Å². The van der Waals surface area contributed by atoms with Crippen LogP contribution < -0.4 is 10.4 Å². The predicted molar refractivity (Wildman–Crippen MR) is 95.8 cm³/mol. The summed E-state index contributed by atoms with van der Waals surface area (Å²) in [5.74, 6) is -1.06. The molecule has 0 amide bonds. The number of nitrogens with one attached hydrogen (secondary N) is 1. The normalized spacial score (nSPS) is 10.9. The van der Waals surface area contributed by atoms with Gasteiger partial charge in [0.1, 0.15) is 11.6 Å². The van der Waals surface area contributed by atoms with Crippen molar-refractivity contribution in [3.8, 4) is 11.5 Å². The predicted octanol–water partition coefficient (Wildman–Crippen LogP) is 4.77. The van der Waals surface area contributed by atoms with Crippen LogP contribution in [0.4, 0.5) is 18.9 Å². The van der Waals surface area contributed by atoms with Crippen molar-refractivity contribution in [1.82, 2.24) is 14.8 Å². The molecule has 0 aliphatic rings. The highest BCUT2D eigenvalue weighted by Gasteiger charge is 2.18. The molecule has 0 saturated carbocycles. The molecule has 6 nitrogen and oxygen atoms in total. The first-order chi connectivity index (χ1) is 13.3. The van der Waals surface area contributed by atoms with E-state index in [1.807, 2.05) is 0 Å². The lowest BCUT2D eigenvalue weighted by Gasteiger charge is -2.13. The third-order valence-electron chi connectivity index (χ3n) is 3.96. The van der Waals surface area contributed by atoms with Crippen molar-refractivity contribution in [2.75, 3.05) is 0 Å². The number of hydrogen-bond acceptors (Lipinski definition) is 3. The van der Waals surface area contributed by atoms with Crippen molar-refractivity contribution >= 4 is 17.3 Å². The Labute approximate surface area is 162 Å². The zero-order chi connectivity index (χ0) is 20.4. The molecule has 0 aliphatic heterocycles. The van der Waals surface area contributed by atoms with E-state index in [-0.39, 0.29) is 40.0 Å². The van der Waals surface area contributed by atoms with Gasteiger partial charge < -0.3 is 4.74 Å². The summed E-state index contributed by atoms with van der Waals surface area (Å²) in [6.07, 6.45) is -2.85. The van der Waals surface area contributed by atoms with Gasteiger partial charge in [0.25, 0.3) is 6.43 Å². The second-order valence-corrected chi connectivity index (χ2v) is 6.21. The lowest BCUT2D eigenvalue weighted by Crippen LogP contribution is -2.15. The molecule has 28 heavy (non-hydrogen) atoms. The molecule has 0 unspecified atom stereocenters. The Kier molecular flexibility index (Phi) is 5.42. The van der Waals surface area contributed by atoms with E-state index < -0.39 is 23.5 Å². The maximum absolute atomic E-state index is 14.9. The van der Waals surface area contributed by atoms with E-state index in [9.17, 15) is 18.0 Å². The van der Waals surface area contributed by atoms with Gasteiger partial charge in [0, 0.05) is 19.0 Å². The van der Waals surface area contributed by atoms with Crippen molar-refractivity contribution < 1.29 is 17.9 Å². The molecule has 1 heterocycles. The SMILES string of the molecule is [C-]#[N+]c1cc(Oc2c(Cl)ccc(Cc3n[nH]c(=O)n3C)c2F)cc(C(F)F)c1. The van der Waals surface area contributed by atoms with E-state index in [0.717, 1.165) is 12.1 Å². The van der Waals surface area contributed by atoms with E-state index in [0.29, 0.717) is 0 Å². The molecular weight excluding hydrogens is 397 g/mol. The smallest absolute Gasteiger partial charge is 0.343 e. The van der Waals surface area contributed by atoms with Gasteiger partial charge >= 0.3 is 5.69 Å². The molecule has 0 atom stereocenters. The van der Waals surface area contributed by atoms with Crippen molar-refractivity contribution in [2.24, 2.45) is 7.05 Å². The van der Waals surface area contributed by atoms with Gasteiger partial charge in [-0.25, -0.2) is 27.9 Å². The van der Waals surface area contributed by atoms with Crippen molar-refractivity contribution in [3.63, 3.8) is 0 Å². The van der Waals surface area contributed by atoms with Gasteiger partial charge in [0.2, 0.25) is 0 Å². The topological polar surface area (TPSA) is 64.3 Å². The molecule has 2 aromatic carbocycles. The number of hydrogen-bond donors (Lipinski definition) is 1. The second kappa shape index (κ2) is 7.78. The van der Waals surface area contributed by atoms with Gasteiger partial charge in [-0.3, -0.25) is 4.57 Å². The van der Waals surface area contributed by atoms with Crippen LogP contribution in [-0.2, 0) is 13.5 Å². The Morgan fingerprint density at radius 2 is 2.11 bits per heavy atom. The minimum absolute atomic E-state index is 0.0288. The average Bonchev–Trinajstić information content (AvgIpc) is 2.99. The molecule has 0 saturated heterocycles. The lowest BCUT2D eigenvalue weighted by molar-refractivity contribution is 0.151. The molecule has 144 valence electrons. The molecule has 3 rings (SSSR count). The van der Waals surface area contributed by atoms with E-state index in [2.05, 4.69) is 15.0 Å². The van der Waals surface area contributed by atoms with Crippen LogP contribution in [0.2, 0.25) is 5.02 Å². The fraction of sp³-hybridized carbons (Fsp3) is 0.167. The van der Waals surface area contributed by atoms with Gasteiger partial charge in [-0.2, -0.15) is 5.10 Å². The van der Waals surface area contributed by atoms with E-state index in [1.54, 1.807) is 0 Å². The number of rotatable bonds is 5. The minimum Gasteiger partial charge on any atom is -0.454 e. The van der Waals surface area contributed by atoms with Crippen LogP contribution in [0.1, 0.15) is 23.4 Å². The maximum Gasteiger partial charge on any atom is 0.343 e. The summed E-state index contributed by atoms with van der Waals surface area (Å²) in [6.45, 7) is 7.01. The summed E-state index contributed by atoms with van der Waals surface area (Å²) in [6, 6.07) is 6.03. The van der Waals surface area contributed by atoms with Crippen LogP contribution in [0.25, 0.3) is 4.85 Å². The molecule has 0 aliphatic carbocycles. The molecule has 3 aromatic rings. The highest BCUT2D eigenvalue weighted by molar-refractivity contribution is 6.32. The summed E-state index contributed by atoms with van der Waals surface area (Å²) in [4.78, 5) is 14.6. The number of H-pyrrole nitrogens is 1. The van der Waals surface area contributed by atoms with Crippen LogP contribution in [0, 0.1) is 12.4 Å². The van der Waals surface area contributed by atoms with Gasteiger partial charge in [-0.1, -0.05) is 17.7 Å². The van der Waals surface area contributed by atoms with Crippen LogP contribution in [0.15, 0.2) is 35.1 Å². The summed E-state index contributed by atoms with van der Waals surface area (Å²) in [5, 5.41) is 5.98. The number of aromatic nitrogens is 3. The average molecular weight is 409 g/mol. The first-order valence-electron chi connectivity index (χ1n) is 7.85. The van der Waals surface area contributed by atoms with Crippen LogP contribution in [0.5, 0.6) is 11.5 Å². The highest BCUT2D eigenvalue weighted by Crippen LogP contribution is 2.37. The van der Waals surface area contributed by atoms with Gasteiger partial charge in [-0.05, 0) is 29.8 Å². The van der Waals surface area contributed by atoms with Gasteiger partial charge in [0.05, 0.1) is 11.6 Å². The van der Waals surface area contributed by atoms with Crippen LogP contribution in [0.3, 0.4) is 0 Å². The first kappa shape index (κ1) is 19.5. The van der Waals surface area contributed by atoms with Crippen molar-refractivity contribution in [2.45, 2.75) is 12.8 Å². The second-order valence-electron chi connectivity index (χ2n) is 5.81. The summed E-state index contributed by atoms with van der Waals surface area (Å²) in [5.41, 5.74) is -0.817. The number of halogens is 4. The Bertz CT molecular complexity index is 1130. The number of aromatic amines is 1. The van der Waals surface area contributed by atoms with Crippen LogP contribution in [-0.4, -0.2) is 14.8 Å². The molecule has 1 N–H and O–H groups in total. The fourth-order valence-electron chi connectivity index (χ4n) is 2.48. The molecule has 0 bridgehead atoms. The first-order valence-corrected chi connectivity index (χ1v) is 8.23. The van der Waals surface area contributed by atoms with E-state index in [4.69, 9.17) is 22.9 Å². The Morgan fingerprint density at radius 3 is 2.71 bits per heavy atom. The highest BCUT2D eigenvalue weighted by atomic mass is 35.5. The Balaban J connectivity index is 1.99. The monoisotopic (exact) mass is 408 g/mol. The molecule has 1 aromatic heterocycles. The van der Waals surface area contributed by atoms with E-state index in [1.165, 1.54) is 29.8 Å². The summed E-state index contributed by atoms with van der Waals surface area (Å²) >= 11 is 6.02. The summed E-state index contributed by atoms with van der Waals surface area (Å²) < 4.78 is 47.6. The largest absolute Gasteiger partial charge is 0.454 e. The quantitative estimate of drug-likeness (QED) is 0.618. The third kappa shape index (κ3) is 3.87. The third-order valence-corrected chi connectivity index (χ3v) is 4.26. The van der Waals surface area contributed by atoms with Crippen molar-refractivity contribution in [1.29, 1.82) is 0 Å². The maximum atomic E-state index is 14.9. The lowest BCUT2D eigenvalue weighted by atomic mass is 10.1. The molecule has 0 fully saturated rings. The van der Waals surface area contributed by atoms with Gasteiger partial charge in [-0.15, -0.1) is 0 Å². The number of benzene rings is 2. The van der Waals surface area contributed by atoms with Crippen molar-refractivity contribution in [3.05, 3.63) is 80.0 Å². The Morgan fingerprint density at radius 1 is 1.36 bits per heavy atom. The number of alkyl halides is 2. The van der Waals surface area contributed by atoms with E-state index >= 15 is 0 Å². The molecular formula is C18H12ClF3N4O2. The van der Waals surface area contributed by atoms with Gasteiger partial charge in [0.15, 0.2) is 17.3 Å². The molecule has 10 heteroatoms. The molecule has 0 spiro atoms. The molecule has 0 radical (unpaired) electrons. The number of ether oxygens (including phenoxy) is 1. The standard InChI is InChI=1S/C18H12ClF3N4O2/c1-23-11-5-10(17(21)22)6-12(8-11)28-16-13(19)4-3-9(15(16)20)7-14-24-25-18(27)26(14)2/h3-6,8,17H,7H2,2H3,(H,25,27). The zero-order valence-electron chi connectivity index (χ0n) is 14.3. The Hall–Kier alpha value is -3.25. The summed E-state index contributed by atoms with van der Waals surface area (Å²) in [7, 11) is 1.48. The minimum atomic E-state index is -2.82. The number of nitrogens with zero attached hydrogens (tertiary/aromatic N) is 3. The zero-order valence-corrected chi connectivity index (χ0v) is 15.1. The fourth-order valence-corrected chi connectivity index (χ4v) is 2.67.